The van der Waals surface area contributed by atoms with Crippen LogP contribution < -0.4 is 11.1 Å². The van der Waals surface area contributed by atoms with Crippen LogP contribution in [0.5, 0.6) is 0 Å². The molecule has 0 saturated heterocycles. The van der Waals surface area contributed by atoms with Crippen LogP contribution in [0.15, 0.2) is 163 Å². The summed E-state index contributed by atoms with van der Waals surface area (Å²) in [6.07, 6.45) is 1.11. The van der Waals surface area contributed by atoms with E-state index in [1.165, 1.54) is 32.7 Å². The number of benzene rings is 7. The molecule has 7 aromatic carbocycles. The molecule has 0 aliphatic heterocycles. The summed E-state index contributed by atoms with van der Waals surface area (Å²) in [5.41, 5.74) is 16.0. The van der Waals surface area contributed by atoms with Crippen LogP contribution in [0.3, 0.4) is 0 Å². The van der Waals surface area contributed by atoms with E-state index in [1.807, 2.05) is 42.6 Å². The van der Waals surface area contributed by atoms with E-state index in [4.69, 9.17) is 10.7 Å². The summed E-state index contributed by atoms with van der Waals surface area (Å²) in [7, 11) is 0. The van der Waals surface area contributed by atoms with Gasteiger partial charge in [0, 0.05) is 6.21 Å². The molecule has 0 aliphatic carbocycles. The van der Waals surface area contributed by atoms with E-state index in [1.54, 1.807) is 0 Å². The molecule has 0 spiro atoms. The van der Waals surface area contributed by atoms with Crippen molar-refractivity contribution >= 4 is 27.8 Å². The van der Waals surface area contributed by atoms with Crippen molar-refractivity contribution in [2.45, 2.75) is 19.3 Å². The Labute approximate surface area is 264 Å². The Morgan fingerprint density at radius 2 is 1.18 bits per heavy atom. The molecule has 7 rings (SSSR count). The van der Waals surface area contributed by atoms with Crippen LogP contribution in [0.4, 0.5) is 0 Å². The van der Waals surface area contributed by atoms with Gasteiger partial charge in [0.05, 0.1) is 6.17 Å². The first-order valence-electron chi connectivity index (χ1n) is 15.4. The van der Waals surface area contributed by atoms with Crippen LogP contribution in [0.25, 0.3) is 43.8 Å². The van der Waals surface area contributed by atoms with Crippen LogP contribution >= 0.6 is 0 Å². The molecular weight excluding hydrogens is 546 g/mol. The molecule has 0 saturated carbocycles. The summed E-state index contributed by atoms with van der Waals surface area (Å²) in [6, 6.07) is 55.4. The highest BCUT2D eigenvalue weighted by atomic mass is 15.1. The van der Waals surface area contributed by atoms with Crippen molar-refractivity contribution < 1.29 is 0 Å². The second kappa shape index (κ2) is 12.7. The van der Waals surface area contributed by atoms with Gasteiger partial charge in [-0.2, -0.15) is 0 Å². The van der Waals surface area contributed by atoms with Crippen LogP contribution in [0.2, 0.25) is 0 Å². The fraction of sp³-hybridized carbons (Fsp3) is 0.0714. The van der Waals surface area contributed by atoms with Crippen LogP contribution in [0, 0.1) is 6.92 Å². The summed E-state index contributed by atoms with van der Waals surface area (Å²) >= 11 is 0. The lowest BCUT2D eigenvalue weighted by molar-refractivity contribution is 0.467. The van der Waals surface area contributed by atoms with Crippen molar-refractivity contribution in [2.24, 2.45) is 10.7 Å². The highest BCUT2D eigenvalue weighted by Crippen LogP contribution is 2.38. The smallest absolute Gasteiger partial charge is 0.127 e. The van der Waals surface area contributed by atoms with E-state index in [-0.39, 0.29) is 6.17 Å². The lowest BCUT2D eigenvalue weighted by atomic mass is 9.90. The largest absolute Gasteiger partial charge is 0.312 e. The van der Waals surface area contributed by atoms with Gasteiger partial charge in [-0.1, -0.05) is 139 Å². The normalized spacial score (nSPS) is 12.9. The Hall–Kier alpha value is -5.35. The number of rotatable bonds is 8. The number of nitrogens with two attached hydrogens (primary N) is 1. The molecule has 0 amide bonds. The number of nitrogens with zero attached hydrogens (tertiary/aromatic N) is 1. The molecule has 0 fully saturated rings. The molecular formula is C42H35N3. The third-order valence-corrected chi connectivity index (χ3v) is 8.40. The predicted octanol–water partition coefficient (Wildman–Crippen LogP) is 10.0. The first-order chi connectivity index (χ1) is 22.1. The van der Waals surface area contributed by atoms with E-state index in [0.717, 1.165) is 33.4 Å². The van der Waals surface area contributed by atoms with Crippen molar-refractivity contribution in [3.63, 3.8) is 0 Å². The molecule has 7 aromatic rings. The summed E-state index contributed by atoms with van der Waals surface area (Å²) in [6.45, 7) is 2.12. The van der Waals surface area contributed by atoms with Gasteiger partial charge in [0.1, 0.15) is 6.17 Å². The Balaban J connectivity index is 1.35. The molecule has 218 valence electrons. The molecule has 0 aromatic heterocycles. The minimum Gasteiger partial charge on any atom is -0.312 e. The molecule has 45 heavy (non-hydrogen) atoms. The topological polar surface area (TPSA) is 50.4 Å². The summed E-state index contributed by atoms with van der Waals surface area (Å²) in [5.74, 6) is 0. The Morgan fingerprint density at radius 1 is 0.556 bits per heavy atom. The molecule has 0 bridgehead atoms. The van der Waals surface area contributed by atoms with Gasteiger partial charge in [-0.15, -0.1) is 0 Å². The number of fused-ring (bicyclic) bond motifs is 3. The zero-order chi connectivity index (χ0) is 30.6. The Bertz CT molecular complexity index is 2100. The standard InChI is InChI=1S/C42H35N3/c1-29-20-22-31(23-21-29)34-24-35(40-27-33-16-8-9-17-37(33)38-18-10-11-19-39(38)40)26-36(25-34)41(43)45-42(32-14-6-3-7-15-32)44-28-30-12-4-2-5-13-30/h2-28,41-42,45H,43H2,1H3/b44-28+. The zero-order valence-electron chi connectivity index (χ0n) is 25.3. The highest BCUT2D eigenvalue weighted by Gasteiger charge is 2.18. The number of aliphatic imine (C=N–C) groups is 1. The first kappa shape index (κ1) is 28.4. The number of hydrogen-bond donors (Lipinski definition) is 2. The number of hydrogen-bond acceptors (Lipinski definition) is 3. The monoisotopic (exact) mass is 581 g/mol. The Morgan fingerprint density at radius 3 is 1.93 bits per heavy atom. The maximum Gasteiger partial charge on any atom is 0.127 e. The van der Waals surface area contributed by atoms with E-state index >= 15 is 0 Å². The lowest BCUT2D eigenvalue weighted by Gasteiger charge is -2.23. The van der Waals surface area contributed by atoms with Gasteiger partial charge in [0.25, 0.3) is 0 Å². The van der Waals surface area contributed by atoms with Gasteiger partial charge in [-0.25, -0.2) is 0 Å². The maximum absolute atomic E-state index is 7.04. The number of aryl methyl sites for hydroxylation is 1. The Kier molecular flexibility index (Phi) is 8.03. The van der Waals surface area contributed by atoms with Crippen molar-refractivity contribution in [1.82, 2.24) is 5.32 Å². The summed E-state index contributed by atoms with van der Waals surface area (Å²) < 4.78 is 0. The predicted molar refractivity (Wildman–Crippen MR) is 190 cm³/mol. The summed E-state index contributed by atoms with van der Waals surface area (Å²) in [5, 5.41) is 8.57. The van der Waals surface area contributed by atoms with Gasteiger partial charge in [0.2, 0.25) is 0 Å². The van der Waals surface area contributed by atoms with E-state index in [2.05, 4.69) is 134 Å². The SMILES string of the molecule is Cc1ccc(-c2cc(-c3cc4ccccc4c4ccccc34)cc(C(N)NC(/N=C/c3ccccc3)c3ccccc3)c2)cc1. The van der Waals surface area contributed by atoms with Gasteiger partial charge in [0.15, 0.2) is 0 Å². The number of nitrogens with one attached hydrogen (secondary N) is 1. The molecule has 2 unspecified atom stereocenters. The minimum absolute atomic E-state index is 0.325. The van der Waals surface area contributed by atoms with Crippen molar-refractivity contribution in [1.29, 1.82) is 0 Å². The molecule has 3 nitrogen and oxygen atoms in total. The zero-order valence-corrected chi connectivity index (χ0v) is 25.3. The van der Waals surface area contributed by atoms with Crippen molar-refractivity contribution in [2.75, 3.05) is 0 Å². The van der Waals surface area contributed by atoms with E-state index < -0.39 is 6.17 Å². The molecule has 0 aliphatic rings. The third-order valence-electron chi connectivity index (χ3n) is 8.40. The average molecular weight is 582 g/mol. The maximum atomic E-state index is 7.04. The minimum atomic E-state index is -0.473. The third kappa shape index (κ3) is 6.18. The molecule has 3 heteroatoms. The van der Waals surface area contributed by atoms with Crippen molar-refractivity contribution in [3.8, 4) is 22.3 Å². The second-order valence-corrected chi connectivity index (χ2v) is 11.5. The summed E-state index contributed by atoms with van der Waals surface area (Å²) in [4.78, 5) is 4.96. The molecule has 3 N–H and O–H groups in total. The molecule has 2 atom stereocenters. The van der Waals surface area contributed by atoms with Crippen LogP contribution in [-0.4, -0.2) is 6.21 Å². The quantitative estimate of drug-likeness (QED) is 0.107. The molecule has 0 heterocycles. The fourth-order valence-electron chi connectivity index (χ4n) is 6.02. The van der Waals surface area contributed by atoms with Gasteiger partial charge < -0.3 is 5.73 Å². The van der Waals surface area contributed by atoms with Crippen LogP contribution in [-0.2, 0) is 0 Å². The van der Waals surface area contributed by atoms with Crippen molar-refractivity contribution in [3.05, 3.63) is 180 Å². The lowest BCUT2D eigenvalue weighted by Crippen LogP contribution is -2.31. The second-order valence-electron chi connectivity index (χ2n) is 11.5. The van der Waals surface area contributed by atoms with Gasteiger partial charge in [-0.05, 0) is 91.7 Å². The average Bonchev–Trinajstić information content (AvgIpc) is 3.10. The fourth-order valence-corrected chi connectivity index (χ4v) is 6.02. The van der Waals surface area contributed by atoms with Crippen LogP contribution in [0.1, 0.15) is 34.6 Å². The molecule has 0 radical (unpaired) electrons. The van der Waals surface area contributed by atoms with Gasteiger partial charge in [-0.3, -0.25) is 10.3 Å². The highest BCUT2D eigenvalue weighted by molar-refractivity contribution is 6.13. The first-order valence-corrected chi connectivity index (χ1v) is 15.4. The van der Waals surface area contributed by atoms with E-state index in [9.17, 15) is 0 Å². The van der Waals surface area contributed by atoms with Gasteiger partial charge >= 0.3 is 0 Å². The van der Waals surface area contributed by atoms with E-state index in [0.29, 0.717) is 0 Å².